The summed E-state index contributed by atoms with van der Waals surface area (Å²) >= 11 is 3.04. The van der Waals surface area contributed by atoms with Crippen molar-refractivity contribution >= 4 is 32.8 Å². The quantitative estimate of drug-likeness (QED) is 0.786. The first kappa shape index (κ1) is 14.9. The van der Waals surface area contributed by atoms with E-state index in [1.165, 1.54) is 6.07 Å². The van der Waals surface area contributed by atoms with Crippen LogP contribution in [-0.4, -0.2) is 35.4 Å². The van der Waals surface area contributed by atoms with Crippen LogP contribution in [0.3, 0.4) is 0 Å². The molecule has 1 aromatic heterocycles. The van der Waals surface area contributed by atoms with Gasteiger partial charge >= 0.3 is 6.18 Å². The van der Waals surface area contributed by atoms with Gasteiger partial charge in [-0.3, -0.25) is 4.79 Å². The van der Waals surface area contributed by atoms with E-state index in [-0.39, 0.29) is 17.6 Å². The molecule has 20 heavy (non-hydrogen) atoms. The lowest BCUT2D eigenvalue weighted by molar-refractivity contribution is -0.140. The van der Waals surface area contributed by atoms with Gasteiger partial charge in [-0.05, 0) is 12.1 Å². The van der Waals surface area contributed by atoms with E-state index in [1.54, 1.807) is 24.3 Å². The lowest BCUT2D eigenvalue weighted by atomic mass is 10.2. The number of fused-ring (bicyclic) bond motifs is 1. The van der Waals surface area contributed by atoms with Crippen molar-refractivity contribution in [3.05, 3.63) is 36.1 Å². The van der Waals surface area contributed by atoms with Crippen molar-refractivity contribution in [2.45, 2.75) is 6.18 Å². The minimum absolute atomic E-state index is 0.0462. The zero-order chi connectivity index (χ0) is 14.8. The first-order valence-electron chi connectivity index (χ1n) is 5.81. The summed E-state index contributed by atoms with van der Waals surface area (Å²) in [5, 5.41) is 0.941. The van der Waals surface area contributed by atoms with Gasteiger partial charge in [0.15, 0.2) is 5.76 Å². The number of rotatable bonds is 4. The molecule has 2 aromatic rings. The molecule has 108 valence electrons. The molecule has 0 bridgehead atoms. The van der Waals surface area contributed by atoms with E-state index in [0.717, 1.165) is 0 Å². The van der Waals surface area contributed by atoms with Crippen LogP contribution in [0.4, 0.5) is 13.2 Å². The van der Waals surface area contributed by atoms with Crippen LogP contribution in [0.1, 0.15) is 10.6 Å². The van der Waals surface area contributed by atoms with Crippen LogP contribution < -0.4 is 0 Å². The highest BCUT2D eigenvalue weighted by Gasteiger charge is 2.34. The third-order valence-corrected chi connectivity index (χ3v) is 3.00. The molecular formula is C13H11BrF3NO2. The molecule has 0 radical (unpaired) electrons. The minimum atomic E-state index is -4.44. The van der Waals surface area contributed by atoms with Crippen molar-refractivity contribution in [2.75, 3.05) is 18.4 Å². The lowest BCUT2D eigenvalue weighted by Gasteiger charge is -2.21. The van der Waals surface area contributed by atoms with Crippen LogP contribution in [-0.2, 0) is 0 Å². The summed E-state index contributed by atoms with van der Waals surface area (Å²) in [5.41, 5.74) is 0.474. The number of hydrogen-bond donors (Lipinski definition) is 0. The van der Waals surface area contributed by atoms with E-state index in [0.29, 0.717) is 15.9 Å². The molecule has 0 fully saturated rings. The zero-order valence-corrected chi connectivity index (χ0v) is 11.9. The molecule has 0 saturated carbocycles. The van der Waals surface area contributed by atoms with Gasteiger partial charge in [0.2, 0.25) is 0 Å². The van der Waals surface area contributed by atoms with Crippen molar-refractivity contribution in [2.24, 2.45) is 0 Å². The molecule has 0 aliphatic rings. The van der Waals surface area contributed by atoms with Gasteiger partial charge in [-0.25, -0.2) is 0 Å². The molecule has 3 nitrogen and oxygen atoms in total. The Labute approximate surface area is 121 Å². The number of alkyl halides is 4. The summed E-state index contributed by atoms with van der Waals surface area (Å²) < 4.78 is 42.7. The Morgan fingerprint density at radius 2 is 2.00 bits per heavy atom. The third-order valence-electron chi connectivity index (χ3n) is 2.65. The smallest absolute Gasteiger partial charge is 0.406 e. The number of furan rings is 1. The average molecular weight is 350 g/mol. The van der Waals surface area contributed by atoms with Crippen molar-refractivity contribution in [3.8, 4) is 0 Å². The second-order valence-corrected chi connectivity index (χ2v) is 4.97. The number of benzene rings is 1. The topological polar surface area (TPSA) is 33.5 Å². The molecule has 1 amide bonds. The second kappa shape index (κ2) is 5.87. The second-order valence-electron chi connectivity index (χ2n) is 4.18. The standard InChI is InChI=1S/C13H11BrF3NO2/c14-5-6-18(8-13(15,16)17)12(19)11-7-9-3-1-2-4-10(9)20-11/h1-4,7H,5-6,8H2. The Morgan fingerprint density at radius 1 is 1.30 bits per heavy atom. The number of nitrogens with zero attached hydrogens (tertiary/aromatic N) is 1. The van der Waals surface area contributed by atoms with E-state index in [9.17, 15) is 18.0 Å². The summed E-state index contributed by atoms with van der Waals surface area (Å²) in [7, 11) is 0. The average Bonchev–Trinajstić information content (AvgIpc) is 2.79. The number of amides is 1. The molecule has 0 unspecified atom stereocenters. The minimum Gasteiger partial charge on any atom is -0.451 e. The molecule has 1 aromatic carbocycles. The van der Waals surface area contributed by atoms with Crippen molar-refractivity contribution in [3.63, 3.8) is 0 Å². The predicted octanol–water partition coefficient (Wildman–Crippen LogP) is 3.83. The van der Waals surface area contributed by atoms with Gasteiger partial charge < -0.3 is 9.32 Å². The van der Waals surface area contributed by atoms with Crippen LogP contribution in [0.2, 0.25) is 0 Å². The first-order valence-corrected chi connectivity index (χ1v) is 6.93. The molecule has 0 aliphatic heterocycles. The fraction of sp³-hybridized carbons (Fsp3) is 0.308. The molecule has 2 rings (SSSR count). The summed E-state index contributed by atoms with van der Waals surface area (Å²) in [5.74, 6) is -0.852. The maximum atomic E-state index is 12.5. The Bertz CT molecular complexity index is 576. The van der Waals surface area contributed by atoms with E-state index in [4.69, 9.17) is 4.42 Å². The summed E-state index contributed by atoms with van der Waals surface area (Å²) in [6.07, 6.45) is -4.44. The summed E-state index contributed by atoms with van der Waals surface area (Å²) in [6, 6.07) is 8.33. The lowest BCUT2D eigenvalue weighted by Crippen LogP contribution is -2.39. The van der Waals surface area contributed by atoms with Gasteiger partial charge in [0.1, 0.15) is 12.1 Å². The predicted molar refractivity (Wildman–Crippen MR) is 72.0 cm³/mol. The molecule has 1 heterocycles. The Morgan fingerprint density at radius 3 is 2.60 bits per heavy atom. The van der Waals surface area contributed by atoms with Gasteiger partial charge in [0, 0.05) is 17.3 Å². The Kier molecular flexibility index (Phi) is 4.37. The summed E-state index contributed by atoms with van der Waals surface area (Å²) in [6.45, 7) is -1.34. The largest absolute Gasteiger partial charge is 0.451 e. The molecule has 0 spiro atoms. The van der Waals surface area contributed by atoms with Crippen LogP contribution in [0, 0.1) is 0 Å². The first-order chi connectivity index (χ1) is 9.40. The monoisotopic (exact) mass is 349 g/mol. The fourth-order valence-corrected chi connectivity index (χ4v) is 2.24. The number of para-hydroxylation sites is 1. The number of hydrogen-bond acceptors (Lipinski definition) is 2. The van der Waals surface area contributed by atoms with Crippen molar-refractivity contribution in [1.29, 1.82) is 0 Å². The van der Waals surface area contributed by atoms with E-state index < -0.39 is 18.6 Å². The maximum Gasteiger partial charge on any atom is 0.406 e. The van der Waals surface area contributed by atoms with Crippen LogP contribution in [0.5, 0.6) is 0 Å². The van der Waals surface area contributed by atoms with Gasteiger partial charge in [-0.1, -0.05) is 34.1 Å². The third kappa shape index (κ3) is 3.53. The van der Waals surface area contributed by atoms with Gasteiger partial charge in [0.25, 0.3) is 5.91 Å². The molecule has 0 N–H and O–H groups in total. The highest BCUT2D eigenvalue weighted by Crippen LogP contribution is 2.22. The van der Waals surface area contributed by atoms with Crippen LogP contribution in [0.25, 0.3) is 11.0 Å². The van der Waals surface area contributed by atoms with Crippen LogP contribution in [0.15, 0.2) is 34.7 Å². The maximum absolute atomic E-state index is 12.5. The summed E-state index contributed by atoms with van der Waals surface area (Å²) in [4.78, 5) is 12.8. The Balaban J connectivity index is 2.26. The van der Waals surface area contributed by atoms with E-state index >= 15 is 0 Å². The SMILES string of the molecule is O=C(c1cc2ccccc2o1)N(CCBr)CC(F)(F)F. The molecule has 0 atom stereocenters. The fourth-order valence-electron chi connectivity index (χ4n) is 1.81. The van der Waals surface area contributed by atoms with Gasteiger partial charge in [0.05, 0.1) is 0 Å². The van der Waals surface area contributed by atoms with Crippen LogP contribution >= 0.6 is 15.9 Å². The van der Waals surface area contributed by atoms with Gasteiger partial charge in [-0.2, -0.15) is 13.2 Å². The zero-order valence-electron chi connectivity index (χ0n) is 10.3. The normalized spacial score (nSPS) is 11.8. The highest BCUT2D eigenvalue weighted by molar-refractivity contribution is 9.09. The molecule has 0 saturated heterocycles. The Hall–Kier alpha value is -1.50. The number of carbonyl (C=O) groups is 1. The number of halogens is 4. The van der Waals surface area contributed by atoms with E-state index in [2.05, 4.69) is 15.9 Å². The molecule has 0 aliphatic carbocycles. The van der Waals surface area contributed by atoms with Gasteiger partial charge in [-0.15, -0.1) is 0 Å². The van der Waals surface area contributed by atoms with Crippen molar-refractivity contribution < 1.29 is 22.4 Å². The van der Waals surface area contributed by atoms with E-state index in [1.807, 2.05) is 0 Å². The molecular weight excluding hydrogens is 339 g/mol. The molecule has 7 heteroatoms. The highest BCUT2D eigenvalue weighted by atomic mass is 79.9. The number of carbonyl (C=O) groups excluding carboxylic acids is 1. The van der Waals surface area contributed by atoms with Crippen molar-refractivity contribution in [1.82, 2.24) is 4.90 Å².